The largest absolute Gasteiger partial charge is 0.0760 e. The minimum Gasteiger partial charge on any atom is -0.0760 e. The lowest BCUT2D eigenvalue weighted by Crippen LogP contribution is -2.28. The third-order valence-electron chi connectivity index (χ3n) is 15.4. The molecule has 2 atom stereocenters. The summed E-state index contributed by atoms with van der Waals surface area (Å²) in [5, 5.41) is 13.0. The lowest BCUT2D eigenvalue weighted by Gasteiger charge is -2.46. The maximum absolute atomic E-state index is 2.60. The highest BCUT2D eigenvalue weighted by molar-refractivity contribution is 6.23. The van der Waals surface area contributed by atoms with E-state index in [4.69, 9.17) is 0 Å². The Morgan fingerprint density at radius 3 is 1.78 bits per heavy atom. The third-order valence-corrected chi connectivity index (χ3v) is 15.4. The number of fused-ring (bicyclic) bond motifs is 10. The van der Waals surface area contributed by atoms with Crippen LogP contribution in [0.5, 0.6) is 0 Å². The van der Waals surface area contributed by atoms with Crippen molar-refractivity contribution in [2.45, 2.75) is 65.2 Å². The van der Waals surface area contributed by atoms with Gasteiger partial charge in [-0.05, 0) is 173 Å². The van der Waals surface area contributed by atoms with Gasteiger partial charge < -0.3 is 0 Å². The molecule has 0 fully saturated rings. The summed E-state index contributed by atoms with van der Waals surface area (Å²) in [6, 6.07) is 60.8. The molecule has 0 spiro atoms. The third kappa shape index (κ3) is 5.63. The lowest BCUT2D eigenvalue weighted by molar-refractivity contribution is 0.569. The second-order valence-corrected chi connectivity index (χ2v) is 21.3. The van der Waals surface area contributed by atoms with E-state index >= 15 is 0 Å². The van der Waals surface area contributed by atoms with Crippen LogP contribution in [-0.4, -0.2) is 0 Å². The summed E-state index contributed by atoms with van der Waals surface area (Å²) < 4.78 is 0. The Morgan fingerprint density at radius 1 is 0.400 bits per heavy atom. The van der Waals surface area contributed by atoms with Crippen molar-refractivity contribution in [1.29, 1.82) is 0 Å². The maximum atomic E-state index is 2.60. The number of benzene rings is 10. The molecule has 65 heavy (non-hydrogen) atoms. The first-order chi connectivity index (χ1) is 31.4. The van der Waals surface area contributed by atoms with Crippen molar-refractivity contribution >= 4 is 65.5 Å². The van der Waals surface area contributed by atoms with Gasteiger partial charge in [0.05, 0.1) is 0 Å². The average Bonchev–Trinajstić information content (AvgIpc) is 3.30. The molecule has 0 saturated heterocycles. The van der Waals surface area contributed by atoms with Crippen LogP contribution >= 0.6 is 0 Å². The molecule has 0 N–H and O–H groups in total. The zero-order chi connectivity index (χ0) is 44.1. The molecule has 0 aliphatic heterocycles. The first-order valence-electron chi connectivity index (χ1n) is 23.6. The molecule has 312 valence electrons. The van der Waals surface area contributed by atoms with Crippen molar-refractivity contribution in [3.05, 3.63) is 203 Å². The highest BCUT2D eigenvalue weighted by Gasteiger charge is 2.45. The fourth-order valence-corrected chi connectivity index (χ4v) is 11.9. The van der Waals surface area contributed by atoms with Crippen LogP contribution < -0.4 is 0 Å². The summed E-state index contributed by atoms with van der Waals surface area (Å²) in [5.41, 5.74) is 20.4. The second-order valence-electron chi connectivity index (χ2n) is 21.3. The second kappa shape index (κ2) is 13.5. The number of hydrogen-bond acceptors (Lipinski definition) is 0. The van der Waals surface area contributed by atoms with Gasteiger partial charge in [-0.1, -0.05) is 199 Å². The van der Waals surface area contributed by atoms with Gasteiger partial charge in [0.15, 0.2) is 0 Å². The molecule has 0 radical (unpaired) electrons. The van der Waals surface area contributed by atoms with Crippen molar-refractivity contribution in [3.8, 4) is 44.5 Å². The van der Waals surface area contributed by atoms with E-state index in [-0.39, 0.29) is 10.8 Å². The van der Waals surface area contributed by atoms with Crippen LogP contribution in [0.3, 0.4) is 0 Å². The van der Waals surface area contributed by atoms with E-state index in [0.717, 1.165) is 0 Å². The molecule has 0 saturated carbocycles. The van der Waals surface area contributed by atoms with E-state index in [1.807, 2.05) is 0 Å². The van der Waals surface area contributed by atoms with Gasteiger partial charge in [0.2, 0.25) is 0 Å². The monoisotopic (exact) mass is 832 g/mol. The van der Waals surface area contributed by atoms with E-state index in [0.29, 0.717) is 11.8 Å². The smallest absolute Gasteiger partial charge is 0.0203 e. The van der Waals surface area contributed by atoms with Crippen LogP contribution in [0.2, 0.25) is 0 Å². The summed E-state index contributed by atoms with van der Waals surface area (Å²) in [4.78, 5) is 0. The molecular formula is C65H52. The molecule has 3 aliphatic carbocycles. The van der Waals surface area contributed by atoms with E-state index in [1.54, 1.807) is 0 Å². The zero-order valence-corrected chi connectivity index (χ0v) is 38.4. The van der Waals surface area contributed by atoms with Gasteiger partial charge in [-0.15, -0.1) is 0 Å². The molecule has 0 bridgehead atoms. The molecule has 1 unspecified atom stereocenters. The van der Waals surface area contributed by atoms with Gasteiger partial charge in [-0.25, -0.2) is 0 Å². The van der Waals surface area contributed by atoms with E-state index in [2.05, 4.69) is 224 Å². The molecule has 10 aromatic rings. The van der Waals surface area contributed by atoms with E-state index in [9.17, 15) is 0 Å². The summed E-state index contributed by atoms with van der Waals surface area (Å²) in [6.07, 6.45) is 7.53. The van der Waals surface area contributed by atoms with Crippen LogP contribution in [0.15, 0.2) is 170 Å². The molecule has 0 heterocycles. The number of aryl methyl sites for hydroxylation is 1. The summed E-state index contributed by atoms with van der Waals surface area (Å²) in [5.74, 6) is 0.672. The lowest BCUT2D eigenvalue weighted by atomic mass is 9.57. The summed E-state index contributed by atoms with van der Waals surface area (Å²) in [7, 11) is 0. The molecule has 0 aromatic heterocycles. The molecule has 10 aromatic carbocycles. The topological polar surface area (TPSA) is 0 Å². The Morgan fingerprint density at radius 2 is 1.03 bits per heavy atom. The first-order valence-corrected chi connectivity index (χ1v) is 23.6. The van der Waals surface area contributed by atoms with Gasteiger partial charge in [0.1, 0.15) is 0 Å². The maximum Gasteiger partial charge on any atom is 0.0203 e. The fraction of sp³-hybridized carbons (Fsp3) is 0.169. The summed E-state index contributed by atoms with van der Waals surface area (Å²) in [6.45, 7) is 16.4. The zero-order valence-electron chi connectivity index (χ0n) is 38.4. The van der Waals surface area contributed by atoms with Gasteiger partial charge >= 0.3 is 0 Å². The number of hydrogen-bond donors (Lipinski definition) is 0. The van der Waals surface area contributed by atoms with Crippen molar-refractivity contribution in [3.63, 3.8) is 0 Å². The van der Waals surface area contributed by atoms with Crippen molar-refractivity contribution in [2.24, 2.45) is 5.92 Å². The van der Waals surface area contributed by atoms with Gasteiger partial charge in [-0.3, -0.25) is 0 Å². The Labute approximate surface area is 382 Å². The Hall–Kier alpha value is -7.02. The molecule has 0 amide bonds. The highest BCUT2D eigenvalue weighted by Crippen LogP contribution is 2.65. The standard InChI is InChI=1S/C65H52/c1-37-48-18-12-10-15-39(48)22-26-49(37)60-55-33-42(45-31-46(64(2,3)4)35-47(32-45)65(5,6)7)24-28-53(55)58(43-21-20-38-14-8-9-17-41(38)30-43)62-57-36-54-50-19-13-11-16-40(50)23-27-51(54)52-29-25-44-34-56(63(60)62)59(44)61(52)57/h8-36,44,59H,1-7H3/t44-,59?/m0/s1. The van der Waals surface area contributed by atoms with Crippen LogP contribution in [-0.2, 0) is 10.8 Å². The normalized spacial score (nSPS) is 16.3. The van der Waals surface area contributed by atoms with Crippen molar-refractivity contribution in [2.75, 3.05) is 0 Å². The van der Waals surface area contributed by atoms with Crippen molar-refractivity contribution in [1.82, 2.24) is 0 Å². The van der Waals surface area contributed by atoms with Crippen LogP contribution in [0, 0.1) is 12.8 Å². The molecule has 13 rings (SSSR count). The SMILES string of the molecule is Cc1c(-c2c3c(c(-c4ccc5ccccc5c4)c4ccc(-c5cc(C(C)(C)C)cc(C(C)(C)C)c5)cc24)-c2cc4c(ccc5ccccc54)c4c2C2C3=C[C@@H]2C=C4)ccc2ccccc12. The van der Waals surface area contributed by atoms with Gasteiger partial charge in [0, 0.05) is 11.8 Å². The Bertz CT molecular complexity index is 3760. The number of rotatable bonds is 3. The minimum absolute atomic E-state index is 0.00593. The molecule has 3 aliphatic rings. The molecule has 0 heteroatoms. The summed E-state index contributed by atoms with van der Waals surface area (Å²) >= 11 is 0. The van der Waals surface area contributed by atoms with E-state index < -0.39 is 0 Å². The Balaban J connectivity index is 1.23. The molecule has 0 nitrogen and oxygen atoms in total. The van der Waals surface area contributed by atoms with Crippen LogP contribution in [0.4, 0.5) is 0 Å². The van der Waals surface area contributed by atoms with Gasteiger partial charge in [-0.2, -0.15) is 0 Å². The highest BCUT2D eigenvalue weighted by atomic mass is 14.5. The van der Waals surface area contributed by atoms with Crippen molar-refractivity contribution < 1.29 is 0 Å². The Kier molecular flexibility index (Phi) is 7.99. The predicted octanol–water partition coefficient (Wildman–Crippen LogP) is 18.2. The van der Waals surface area contributed by atoms with Crippen LogP contribution in [0.25, 0.3) is 110 Å². The van der Waals surface area contributed by atoms with Crippen LogP contribution in [0.1, 0.15) is 80.8 Å². The van der Waals surface area contributed by atoms with E-state index in [1.165, 1.54) is 137 Å². The quantitative estimate of drug-likeness (QED) is 0.156. The first kappa shape index (κ1) is 38.4. The fourth-order valence-electron chi connectivity index (χ4n) is 11.9. The minimum atomic E-state index is 0.00593. The van der Waals surface area contributed by atoms with Gasteiger partial charge in [0.25, 0.3) is 0 Å². The predicted molar refractivity (Wildman–Crippen MR) is 281 cm³/mol. The average molecular weight is 833 g/mol. The number of allylic oxidation sites excluding steroid dienone is 3. The molecular weight excluding hydrogens is 781 g/mol.